The maximum atomic E-state index is 7.03. The second-order valence-electron chi connectivity index (χ2n) is 3.25. The van der Waals surface area contributed by atoms with Crippen LogP contribution in [0.3, 0.4) is 0 Å². The molecule has 1 heterocycles. The fourth-order valence-electron chi connectivity index (χ4n) is 1.58. The lowest BCUT2D eigenvalue weighted by Crippen LogP contribution is -1.89. The second-order valence-corrected chi connectivity index (χ2v) is 3.25. The molecule has 0 amide bonds. The maximum absolute atomic E-state index is 7.03. The summed E-state index contributed by atoms with van der Waals surface area (Å²) in [7, 11) is 0. The molecule has 2 heteroatoms. The van der Waals surface area contributed by atoms with Crippen LogP contribution in [0.25, 0.3) is 15.6 Å². The molecule has 1 aromatic carbocycles. The molecule has 0 aliphatic carbocycles. The van der Waals surface area contributed by atoms with Crippen LogP contribution in [-0.2, 0) is 0 Å². The molecule has 0 spiro atoms. The van der Waals surface area contributed by atoms with E-state index in [-0.39, 0.29) is 6.04 Å². The summed E-state index contributed by atoms with van der Waals surface area (Å²) in [6.07, 6.45) is 3.60. The Morgan fingerprint density at radius 2 is 2.21 bits per heavy atom. The number of fused-ring (bicyclic) bond motifs is 1. The van der Waals surface area contributed by atoms with E-state index in [0.29, 0.717) is 0 Å². The first-order valence-corrected chi connectivity index (χ1v) is 4.52. The zero-order chi connectivity index (χ0) is 9.97. The average Bonchev–Trinajstić information content (AvgIpc) is 2.27. The molecule has 14 heavy (non-hydrogen) atoms. The first-order valence-electron chi connectivity index (χ1n) is 4.52. The van der Waals surface area contributed by atoms with Crippen LogP contribution in [0.4, 0.5) is 0 Å². The van der Waals surface area contributed by atoms with Gasteiger partial charge in [0.1, 0.15) is 0 Å². The van der Waals surface area contributed by atoms with E-state index in [0.717, 1.165) is 16.3 Å². The van der Waals surface area contributed by atoms with Gasteiger partial charge in [-0.15, -0.1) is 0 Å². The largest absolute Gasteiger partial charge is 0.309 e. The lowest BCUT2D eigenvalue weighted by atomic mass is 10.0. The Kier molecular flexibility index (Phi) is 2.16. The molecule has 2 rings (SSSR count). The van der Waals surface area contributed by atoms with Gasteiger partial charge in [0.15, 0.2) is 0 Å². The highest BCUT2D eigenvalue weighted by molar-refractivity contribution is 5.85. The Hall–Kier alpha value is -1.88. The van der Waals surface area contributed by atoms with E-state index >= 15 is 0 Å². The SMILES string of the molecule is [C-]#[N+]C(C)c1cccc2cnccc12. The van der Waals surface area contributed by atoms with Gasteiger partial charge in [0.25, 0.3) is 0 Å². The van der Waals surface area contributed by atoms with Crippen molar-refractivity contribution in [2.45, 2.75) is 13.0 Å². The highest BCUT2D eigenvalue weighted by atomic mass is 14.7. The van der Waals surface area contributed by atoms with Gasteiger partial charge in [0.2, 0.25) is 6.04 Å². The van der Waals surface area contributed by atoms with E-state index in [1.165, 1.54) is 0 Å². The number of aromatic nitrogens is 1. The minimum absolute atomic E-state index is 0.0823. The highest BCUT2D eigenvalue weighted by Crippen LogP contribution is 2.25. The predicted octanol–water partition coefficient (Wildman–Crippen LogP) is 3.22. The van der Waals surface area contributed by atoms with Gasteiger partial charge in [-0.25, -0.2) is 6.57 Å². The minimum atomic E-state index is -0.0823. The smallest absolute Gasteiger partial charge is 0.246 e. The van der Waals surface area contributed by atoms with Crippen LogP contribution in [-0.4, -0.2) is 4.98 Å². The maximum Gasteiger partial charge on any atom is 0.246 e. The van der Waals surface area contributed by atoms with Crippen molar-refractivity contribution in [3.05, 3.63) is 53.6 Å². The van der Waals surface area contributed by atoms with Crippen molar-refractivity contribution in [2.75, 3.05) is 0 Å². The fourth-order valence-corrected chi connectivity index (χ4v) is 1.58. The summed E-state index contributed by atoms with van der Waals surface area (Å²) in [6.45, 7) is 8.95. The molecular formula is C12H10N2. The predicted molar refractivity (Wildman–Crippen MR) is 56.8 cm³/mol. The number of benzene rings is 1. The molecule has 2 nitrogen and oxygen atoms in total. The molecule has 0 saturated carbocycles. The molecule has 1 atom stereocenters. The van der Waals surface area contributed by atoms with E-state index in [9.17, 15) is 0 Å². The number of rotatable bonds is 1. The van der Waals surface area contributed by atoms with Gasteiger partial charge in [-0.05, 0) is 11.5 Å². The molecule has 68 valence electrons. The number of nitrogens with zero attached hydrogens (tertiary/aromatic N) is 2. The van der Waals surface area contributed by atoms with Crippen molar-refractivity contribution in [2.24, 2.45) is 0 Å². The van der Waals surface area contributed by atoms with Crippen molar-refractivity contribution in [3.63, 3.8) is 0 Å². The molecule has 0 N–H and O–H groups in total. The summed E-state index contributed by atoms with van der Waals surface area (Å²) in [4.78, 5) is 7.60. The Morgan fingerprint density at radius 3 is 3.00 bits per heavy atom. The van der Waals surface area contributed by atoms with Crippen molar-refractivity contribution < 1.29 is 0 Å². The fraction of sp³-hybridized carbons (Fsp3) is 0.167. The molecule has 0 aliphatic rings. The van der Waals surface area contributed by atoms with Crippen molar-refractivity contribution in [3.8, 4) is 0 Å². The second kappa shape index (κ2) is 3.47. The molecule has 1 unspecified atom stereocenters. The van der Waals surface area contributed by atoms with E-state index in [1.54, 1.807) is 6.20 Å². The third-order valence-corrected chi connectivity index (χ3v) is 2.36. The lowest BCUT2D eigenvalue weighted by molar-refractivity contribution is 0.973. The van der Waals surface area contributed by atoms with Gasteiger partial charge in [-0.1, -0.05) is 18.2 Å². The number of hydrogen-bond acceptors (Lipinski definition) is 1. The Bertz CT molecular complexity index is 492. The third-order valence-electron chi connectivity index (χ3n) is 2.36. The Morgan fingerprint density at radius 1 is 1.36 bits per heavy atom. The van der Waals surface area contributed by atoms with Crippen LogP contribution in [0.1, 0.15) is 18.5 Å². The number of hydrogen-bond donors (Lipinski definition) is 0. The van der Waals surface area contributed by atoms with E-state index < -0.39 is 0 Å². The van der Waals surface area contributed by atoms with Crippen LogP contribution in [0.15, 0.2) is 36.7 Å². The van der Waals surface area contributed by atoms with Crippen LogP contribution in [0.2, 0.25) is 0 Å². The molecular weight excluding hydrogens is 172 g/mol. The minimum Gasteiger partial charge on any atom is -0.309 e. The van der Waals surface area contributed by atoms with Gasteiger partial charge < -0.3 is 4.85 Å². The summed E-state index contributed by atoms with van der Waals surface area (Å²) in [5, 5.41) is 2.23. The topological polar surface area (TPSA) is 17.2 Å². The Labute approximate surface area is 83.0 Å². The van der Waals surface area contributed by atoms with Gasteiger partial charge >= 0.3 is 0 Å². The number of pyridine rings is 1. The first kappa shape index (κ1) is 8.71. The molecule has 0 saturated heterocycles. The normalized spacial score (nSPS) is 12.3. The van der Waals surface area contributed by atoms with E-state index in [4.69, 9.17) is 6.57 Å². The van der Waals surface area contributed by atoms with Crippen molar-refractivity contribution in [1.29, 1.82) is 0 Å². The molecule has 1 aromatic heterocycles. The average molecular weight is 182 g/mol. The molecule has 0 radical (unpaired) electrons. The van der Waals surface area contributed by atoms with Gasteiger partial charge in [-0.3, -0.25) is 4.98 Å². The monoisotopic (exact) mass is 182 g/mol. The summed E-state index contributed by atoms with van der Waals surface area (Å²) >= 11 is 0. The summed E-state index contributed by atoms with van der Waals surface area (Å²) in [5.41, 5.74) is 1.08. The zero-order valence-electron chi connectivity index (χ0n) is 7.94. The zero-order valence-corrected chi connectivity index (χ0v) is 7.94. The summed E-state index contributed by atoms with van der Waals surface area (Å²) in [6, 6.07) is 7.88. The van der Waals surface area contributed by atoms with E-state index in [2.05, 4.69) is 9.83 Å². The standard InChI is InChI=1S/C12H10N2/c1-9(13-2)11-5-3-4-10-8-14-7-6-12(10)11/h3-9H,1H3. The summed E-state index contributed by atoms with van der Waals surface area (Å²) < 4.78 is 0. The summed E-state index contributed by atoms with van der Waals surface area (Å²) in [5.74, 6) is 0. The first-order chi connectivity index (χ1) is 6.83. The highest BCUT2D eigenvalue weighted by Gasteiger charge is 2.11. The third kappa shape index (κ3) is 1.33. The van der Waals surface area contributed by atoms with E-state index in [1.807, 2.05) is 37.4 Å². The quantitative estimate of drug-likeness (QED) is 0.619. The van der Waals surface area contributed by atoms with Crippen LogP contribution < -0.4 is 0 Å². The molecule has 0 bridgehead atoms. The van der Waals surface area contributed by atoms with Gasteiger partial charge in [0.05, 0.1) is 0 Å². The van der Waals surface area contributed by atoms with Crippen LogP contribution >= 0.6 is 0 Å². The molecule has 2 aromatic rings. The Balaban J connectivity index is 2.72. The van der Waals surface area contributed by atoms with Crippen LogP contribution in [0.5, 0.6) is 0 Å². The molecule has 0 aliphatic heterocycles. The van der Waals surface area contributed by atoms with Gasteiger partial charge in [-0.2, -0.15) is 0 Å². The molecule has 0 fully saturated rings. The van der Waals surface area contributed by atoms with Crippen molar-refractivity contribution >= 4 is 10.8 Å². The van der Waals surface area contributed by atoms with Crippen molar-refractivity contribution in [1.82, 2.24) is 4.98 Å². The van der Waals surface area contributed by atoms with Gasteiger partial charge in [0, 0.05) is 30.3 Å². The lowest BCUT2D eigenvalue weighted by Gasteiger charge is -2.04. The van der Waals surface area contributed by atoms with Crippen LogP contribution in [0, 0.1) is 6.57 Å².